The monoisotopic (exact) mass is 550 g/mol. The molecule has 11 heteroatoms. The van der Waals surface area contributed by atoms with E-state index in [1.54, 1.807) is 38.1 Å². The highest BCUT2D eigenvalue weighted by molar-refractivity contribution is 6.05. The number of aromatic nitrogens is 2. The highest BCUT2D eigenvalue weighted by Crippen LogP contribution is 2.41. The lowest BCUT2D eigenvalue weighted by Crippen LogP contribution is -2.43. The molecule has 3 heterocycles. The quantitative estimate of drug-likeness (QED) is 0.435. The van der Waals surface area contributed by atoms with Crippen molar-refractivity contribution in [1.82, 2.24) is 25.3 Å². The molecule has 3 amide bonds. The third-order valence-corrected chi connectivity index (χ3v) is 7.86. The zero-order valence-corrected chi connectivity index (χ0v) is 22.7. The second kappa shape index (κ2) is 10.8. The van der Waals surface area contributed by atoms with Crippen molar-refractivity contribution in [3.05, 3.63) is 82.0 Å². The number of H-pyrrole nitrogens is 1. The predicted octanol–water partition coefficient (Wildman–Crippen LogP) is 3.58. The molecule has 2 aliphatic heterocycles. The Morgan fingerprint density at radius 1 is 1.00 bits per heavy atom. The van der Waals surface area contributed by atoms with Crippen molar-refractivity contribution in [1.29, 1.82) is 0 Å². The molecule has 40 heavy (non-hydrogen) atoms. The van der Waals surface area contributed by atoms with Gasteiger partial charge in [-0.05, 0) is 83.2 Å². The molecule has 3 N–H and O–H groups in total. The first-order chi connectivity index (χ1) is 19.0. The highest BCUT2D eigenvalue weighted by Gasteiger charge is 2.44. The fourth-order valence-electron chi connectivity index (χ4n) is 5.34. The van der Waals surface area contributed by atoms with Crippen LogP contribution >= 0.6 is 0 Å². The maximum atomic E-state index is 14.2. The fraction of sp³-hybridized carbons (Fsp3) is 0.379. The van der Waals surface area contributed by atoms with Crippen LogP contribution in [0.3, 0.4) is 0 Å². The number of halogens is 2. The van der Waals surface area contributed by atoms with E-state index in [9.17, 15) is 23.2 Å². The number of aromatic amines is 1. The first kappa shape index (κ1) is 27.4. The Bertz CT molecular complexity index is 1420. The Morgan fingerprint density at radius 2 is 1.60 bits per heavy atom. The largest absolute Gasteiger partial charge is 0.349 e. The second-order valence-corrected chi connectivity index (χ2v) is 10.9. The molecular weight excluding hydrogens is 518 g/mol. The molecule has 9 nitrogen and oxygen atoms in total. The van der Waals surface area contributed by atoms with Gasteiger partial charge in [0.2, 0.25) is 5.91 Å². The molecule has 0 saturated carbocycles. The Kier molecular flexibility index (Phi) is 7.41. The van der Waals surface area contributed by atoms with Crippen molar-refractivity contribution in [2.75, 3.05) is 25.5 Å². The van der Waals surface area contributed by atoms with E-state index in [0.717, 1.165) is 38.1 Å². The number of amides is 3. The van der Waals surface area contributed by atoms with Crippen LogP contribution < -0.4 is 10.6 Å². The third kappa shape index (κ3) is 5.33. The van der Waals surface area contributed by atoms with Gasteiger partial charge in [-0.3, -0.25) is 19.5 Å². The van der Waals surface area contributed by atoms with E-state index in [0.29, 0.717) is 22.4 Å². The lowest BCUT2D eigenvalue weighted by atomic mass is 10.00. The van der Waals surface area contributed by atoms with Gasteiger partial charge in [-0.1, -0.05) is 6.07 Å². The lowest BCUT2D eigenvalue weighted by Gasteiger charge is -2.32. The topological polar surface area (TPSA) is 110 Å². The fourth-order valence-corrected chi connectivity index (χ4v) is 5.34. The number of fused-ring (bicyclic) bond motifs is 1. The molecule has 210 valence electrons. The molecule has 5 rings (SSSR count). The van der Waals surface area contributed by atoms with Crippen LogP contribution in [0.5, 0.6) is 0 Å². The van der Waals surface area contributed by atoms with Crippen LogP contribution in [0.25, 0.3) is 0 Å². The molecule has 0 aliphatic carbocycles. The van der Waals surface area contributed by atoms with E-state index in [1.165, 1.54) is 11.0 Å². The number of benzene rings is 2. The smallest absolute Gasteiger partial charge is 0.256 e. The Hall–Kier alpha value is -4.12. The summed E-state index contributed by atoms with van der Waals surface area (Å²) >= 11 is 0. The summed E-state index contributed by atoms with van der Waals surface area (Å²) in [5.41, 5.74) is 0.938. The van der Waals surface area contributed by atoms with Crippen LogP contribution in [-0.2, 0) is 23.3 Å². The van der Waals surface area contributed by atoms with Gasteiger partial charge in [0.15, 0.2) is 5.82 Å². The molecule has 2 aromatic carbocycles. The highest BCUT2D eigenvalue weighted by atomic mass is 19.1. The molecule has 3 aromatic rings. The molecule has 0 unspecified atom stereocenters. The van der Waals surface area contributed by atoms with E-state index >= 15 is 0 Å². The Morgan fingerprint density at radius 3 is 2.23 bits per heavy atom. The summed E-state index contributed by atoms with van der Waals surface area (Å²) in [4.78, 5) is 42.5. The molecule has 2 aliphatic rings. The average molecular weight is 551 g/mol. The van der Waals surface area contributed by atoms with Crippen molar-refractivity contribution in [2.24, 2.45) is 0 Å². The number of hydrogen-bond donors (Lipinski definition) is 3. The molecule has 1 saturated heterocycles. The van der Waals surface area contributed by atoms with Crippen LogP contribution in [0.2, 0.25) is 0 Å². The molecule has 1 aromatic heterocycles. The van der Waals surface area contributed by atoms with Gasteiger partial charge in [-0.25, -0.2) is 8.78 Å². The number of anilines is 1. The van der Waals surface area contributed by atoms with Crippen molar-refractivity contribution in [2.45, 2.75) is 51.2 Å². The van der Waals surface area contributed by atoms with Gasteiger partial charge in [0.25, 0.3) is 11.8 Å². The van der Waals surface area contributed by atoms with Crippen LogP contribution in [0.4, 0.5) is 14.6 Å². The van der Waals surface area contributed by atoms with Gasteiger partial charge in [0.1, 0.15) is 11.6 Å². The summed E-state index contributed by atoms with van der Waals surface area (Å²) in [5, 5.41) is 13.0. The summed E-state index contributed by atoms with van der Waals surface area (Å²) < 4.78 is 28.3. The number of piperidine rings is 1. The Labute approximate surface area is 230 Å². The van der Waals surface area contributed by atoms with Crippen LogP contribution in [0.15, 0.2) is 42.5 Å². The van der Waals surface area contributed by atoms with E-state index < -0.39 is 35.4 Å². The predicted molar refractivity (Wildman–Crippen MR) is 145 cm³/mol. The second-order valence-electron chi connectivity index (χ2n) is 10.9. The number of likely N-dealkylation sites (tertiary alicyclic amines) is 1. The van der Waals surface area contributed by atoms with Crippen LogP contribution in [0, 0.1) is 11.6 Å². The van der Waals surface area contributed by atoms with Gasteiger partial charge in [-0.15, -0.1) is 0 Å². The van der Waals surface area contributed by atoms with Crippen molar-refractivity contribution < 1.29 is 23.2 Å². The van der Waals surface area contributed by atoms with Gasteiger partial charge < -0.3 is 20.4 Å². The van der Waals surface area contributed by atoms with E-state index in [2.05, 4.69) is 32.8 Å². The third-order valence-electron chi connectivity index (χ3n) is 7.86. The average Bonchev–Trinajstić information content (AvgIpc) is 3.45. The number of carbonyl (C=O) groups is 3. The summed E-state index contributed by atoms with van der Waals surface area (Å²) in [6.07, 6.45) is 1.37. The molecule has 0 atom stereocenters. The first-order valence-electron chi connectivity index (χ1n) is 13.3. The summed E-state index contributed by atoms with van der Waals surface area (Å²) in [7, 11) is 2.06. The van der Waals surface area contributed by atoms with Crippen LogP contribution in [0.1, 0.15) is 64.2 Å². The minimum atomic E-state index is -0.840. The van der Waals surface area contributed by atoms with Crippen molar-refractivity contribution >= 4 is 23.5 Å². The summed E-state index contributed by atoms with van der Waals surface area (Å²) in [6.45, 7) is 5.59. The van der Waals surface area contributed by atoms with Gasteiger partial charge >= 0.3 is 0 Å². The molecule has 0 bridgehead atoms. The lowest BCUT2D eigenvalue weighted by molar-refractivity contribution is -0.136. The van der Waals surface area contributed by atoms with Crippen LogP contribution in [-0.4, -0.2) is 63.9 Å². The van der Waals surface area contributed by atoms with Crippen molar-refractivity contribution in [3.63, 3.8) is 0 Å². The minimum Gasteiger partial charge on any atom is -0.349 e. The normalized spacial score (nSPS) is 17.0. The molecule has 0 radical (unpaired) electrons. The number of rotatable bonds is 6. The number of nitrogens with one attached hydrogen (secondary N) is 3. The standard InChI is InChI=1S/C29H32F2N6O3/c1-29(2)25-21(16-37(29)24(38)15-20-22(30)5-4-6-23(20)31)26(35-34-25)33-28(40)18-9-7-17(8-10-18)27(39)32-19-11-13-36(3)14-12-19/h4-10,19H,11-16H2,1-3H3,(H,32,39)(H2,33,34,35,40). The minimum absolute atomic E-state index is 0.111. The SMILES string of the molecule is CN1CCC(NC(=O)c2ccc(C(=O)Nc3n[nH]c4c3CN(C(=O)Cc3c(F)cccc3F)C4(C)C)cc2)CC1. The van der Waals surface area contributed by atoms with E-state index in [4.69, 9.17) is 0 Å². The molecular formula is C29H32F2N6O3. The van der Waals surface area contributed by atoms with E-state index in [-0.39, 0.29) is 29.9 Å². The zero-order valence-electron chi connectivity index (χ0n) is 22.7. The summed E-state index contributed by atoms with van der Waals surface area (Å²) in [5.74, 6) is -2.33. The molecule has 0 spiro atoms. The van der Waals surface area contributed by atoms with Gasteiger partial charge in [0.05, 0.1) is 24.2 Å². The number of carbonyl (C=O) groups excluding carboxylic acids is 3. The van der Waals surface area contributed by atoms with Gasteiger partial charge in [0, 0.05) is 28.3 Å². The Balaban J connectivity index is 1.24. The van der Waals surface area contributed by atoms with Crippen molar-refractivity contribution in [3.8, 4) is 0 Å². The first-order valence-corrected chi connectivity index (χ1v) is 13.3. The number of hydrogen-bond acceptors (Lipinski definition) is 5. The molecule has 1 fully saturated rings. The summed E-state index contributed by atoms with van der Waals surface area (Å²) in [6, 6.07) is 10.0. The van der Waals surface area contributed by atoms with Gasteiger partial charge in [-0.2, -0.15) is 5.10 Å². The number of nitrogens with zero attached hydrogens (tertiary/aromatic N) is 3. The zero-order chi connectivity index (χ0) is 28.6. The maximum Gasteiger partial charge on any atom is 0.256 e. The van der Waals surface area contributed by atoms with E-state index in [1.807, 2.05) is 0 Å². The maximum absolute atomic E-state index is 14.2.